The van der Waals surface area contributed by atoms with E-state index in [2.05, 4.69) is 35.3 Å². The summed E-state index contributed by atoms with van der Waals surface area (Å²) in [5.41, 5.74) is 3.47. The third-order valence-electron chi connectivity index (χ3n) is 3.36. The Morgan fingerprint density at radius 2 is 1.85 bits per heavy atom. The second-order valence-electron chi connectivity index (χ2n) is 4.59. The Morgan fingerprint density at radius 3 is 2.75 bits per heavy atom. The number of ether oxygens (including phenoxy) is 2. The second-order valence-corrected chi connectivity index (χ2v) is 5.47. The number of hydrogen-bond acceptors (Lipinski definition) is 3. The fourth-order valence-corrected chi connectivity index (χ4v) is 3.40. The zero-order chi connectivity index (χ0) is 13.4. The summed E-state index contributed by atoms with van der Waals surface area (Å²) in [4.78, 5) is 4.43. The van der Waals surface area contributed by atoms with Crippen molar-refractivity contribution in [2.75, 3.05) is 13.2 Å². The first kappa shape index (κ1) is 11.6. The maximum Gasteiger partial charge on any atom is 0.181 e. The highest BCUT2D eigenvalue weighted by Gasteiger charge is 2.22. The van der Waals surface area contributed by atoms with Crippen molar-refractivity contribution in [3.63, 3.8) is 0 Å². The number of fused-ring (bicyclic) bond motifs is 1. The van der Waals surface area contributed by atoms with E-state index in [0.29, 0.717) is 13.2 Å². The minimum atomic E-state index is 0.609. The second kappa shape index (κ2) is 4.72. The number of hydrogen-bond donors (Lipinski definition) is 1. The van der Waals surface area contributed by atoms with Gasteiger partial charge in [0.1, 0.15) is 13.2 Å². The quantitative estimate of drug-likeness (QED) is 0.765. The molecule has 0 aliphatic carbocycles. The number of nitrogens with one attached hydrogen (secondary N) is 1. The number of aromatic nitrogens is 1. The standard InChI is InChI=1S/C16H13NO2S/c1-2-4-11(5-3-1)12-6-7-17-14(12)16-15-13(10-20-16)18-8-9-19-15/h1-7,10,17H,8-9H2. The molecule has 0 amide bonds. The normalized spacial score (nSPS) is 13.4. The van der Waals surface area contributed by atoms with Crippen LogP contribution in [0.15, 0.2) is 48.0 Å². The summed E-state index contributed by atoms with van der Waals surface area (Å²) in [7, 11) is 0. The SMILES string of the molecule is c1ccc(-c2cc[nH]c2-c2scc3c2OCCO3)cc1. The minimum Gasteiger partial charge on any atom is -0.485 e. The van der Waals surface area contributed by atoms with Crippen LogP contribution in [0.5, 0.6) is 11.5 Å². The van der Waals surface area contributed by atoms with Gasteiger partial charge in [-0.2, -0.15) is 0 Å². The van der Waals surface area contributed by atoms with Crippen molar-refractivity contribution in [3.8, 4) is 33.2 Å². The largest absolute Gasteiger partial charge is 0.485 e. The molecule has 4 heteroatoms. The highest BCUT2D eigenvalue weighted by molar-refractivity contribution is 7.14. The molecule has 0 saturated heterocycles. The average molecular weight is 283 g/mol. The molecule has 4 rings (SSSR count). The van der Waals surface area contributed by atoms with Gasteiger partial charge < -0.3 is 14.5 Å². The van der Waals surface area contributed by atoms with Gasteiger partial charge in [0.25, 0.3) is 0 Å². The van der Waals surface area contributed by atoms with Crippen LogP contribution < -0.4 is 9.47 Å². The highest BCUT2D eigenvalue weighted by Crippen LogP contribution is 2.47. The van der Waals surface area contributed by atoms with Crippen LogP contribution in [0.4, 0.5) is 0 Å². The molecule has 0 atom stereocenters. The lowest BCUT2D eigenvalue weighted by atomic mass is 10.1. The molecular weight excluding hydrogens is 270 g/mol. The Balaban J connectivity index is 1.84. The molecule has 100 valence electrons. The molecule has 1 aromatic carbocycles. The van der Waals surface area contributed by atoms with Crippen LogP contribution in [0, 0.1) is 0 Å². The van der Waals surface area contributed by atoms with E-state index in [9.17, 15) is 0 Å². The van der Waals surface area contributed by atoms with Crippen molar-refractivity contribution in [2.45, 2.75) is 0 Å². The van der Waals surface area contributed by atoms with E-state index in [-0.39, 0.29) is 0 Å². The van der Waals surface area contributed by atoms with Gasteiger partial charge in [-0.25, -0.2) is 0 Å². The molecule has 0 unspecified atom stereocenters. The molecule has 0 bridgehead atoms. The summed E-state index contributed by atoms with van der Waals surface area (Å²) in [6, 6.07) is 12.5. The van der Waals surface area contributed by atoms with Crippen molar-refractivity contribution in [3.05, 3.63) is 48.0 Å². The van der Waals surface area contributed by atoms with Gasteiger partial charge in [-0.1, -0.05) is 30.3 Å². The predicted molar refractivity (Wildman–Crippen MR) is 80.5 cm³/mol. The van der Waals surface area contributed by atoms with Crippen molar-refractivity contribution >= 4 is 11.3 Å². The molecule has 1 N–H and O–H groups in total. The monoisotopic (exact) mass is 283 g/mol. The molecular formula is C16H13NO2S. The number of H-pyrrole nitrogens is 1. The third kappa shape index (κ3) is 1.80. The summed E-state index contributed by atoms with van der Waals surface area (Å²) < 4.78 is 11.4. The lowest BCUT2D eigenvalue weighted by molar-refractivity contribution is 0.174. The molecule has 2 aromatic heterocycles. The maximum absolute atomic E-state index is 5.77. The Kier molecular flexibility index (Phi) is 2.74. The van der Waals surface area contributed by atoms with Gasteiger partial charge in [-0.3, -0.25) is 0 Å². The summed E-state index contributed by atoms with van der Waals surface area (Å²) in [5.74, 6) is 1.71. The summed E-state index contributed by atoms with van der Waals surface area (Å²) in [6.07, 6.45) is 1.97. The molecule has 3 heterocycles. The van der Waals surface area contributed by atoms with Crippen molar-refractivity contribution in [1.29, 1.82) is 0 Å². The fourth-order valence-electron chi connectivity index (χ4n) is 2.45. The van der Waals surface area contributed by atoms with Crippen molar-refractivity contribution < 1.29 is 9.47 Å². The predicted octanol–water partition coefficient (Wildman–Crippen LogP) is 4.18. The van der Waals surface area contributed by atoms with E-state index in [1.54, 1.807) is 11.3 Å². The van der Waals surface area contributed by atoms with Gasteiger partial charge in [0.05, 0.1) is 10.6 Å². The van der Waals surface area contributed by atoms with Gasteiger partial charge in [-0.15, -0.1) is 11.3 Å². The van der Waals surface area contributed by atoms with Crippen LogP contribution in [0.2, 0.25) is 0 Å². The molecule has 1 aliphatic rings. The van der Waals surface area contributed by atoms with E-state index in [0.717, 1.165) is 22.1 Å². The summed E-state index contributed by atoms with van der Waals surface area (Å²) >= 11 is 1.65. The van der Waals surface area contributed by atoms with Gasteiger partial charge in [0.15, 0.2) is 11.5 Å². The van der Waals surface area contributed by atoms with Crippen LogP contribution in [0.1, 0.15) is 0 Å². The lowest BCUT2D eigenvalue weighted by Crippen LogP contribution is -2.14. The first-order valence-electron chi connectivity index (χ1n) is 6.54. The first-order chi connectivity index (χ1) is 9.93. The Bertz CT molecular complexity index is 730. The van der Waals surface area contributed by atoms with Gasteiger partial charge >= 0.3 is 0 Å². The Labute approximate surface area is 120 Å². The molecule has 3 aromatic rings. The molecule has 0 radical (unpaired) electrons. The number of aromatic amines is 1. The minimum absolute atomic E-state index is 0.609. The van der Waals surface area contributed by atoms with Gasteiger partial charge in [0.2, 0.25) is 0 Å². The number of rotatable bonds is 2. The highest BCUT2D eigenvalue weighted by atomic mass is 32.1. The zero-order valence-corrected chi connectivity index (χ0v) is 11.6. The molecule has 0 fully saturated rings. The van der Waals surface area contributed by atoms with E-state index in [4.69, 9.17) is 9.47 Å². The first-order valence-corrected chi connectivity index (χ1v) is 7.42. The maximum atomic E-state index is 5.77. The van der Waals surface area contributed by atoms with Gasteiger partial charge in [-0.05, 0) is 11.6 Å². The van der Waals surface area contributed by atoms with Gasteiger partial charge in [0, 0.05) is 17.1 Å². The fraction of sp³-hybridized carbons (Fsp3) is 0.125. The van der Waals surface area contributed by atoms with E-state index < -0.39 is 0 Å². The van der Waals surface area contributed by atoms with E-state index >= 15 is 0 Å². The van der Waals surface area contributed by atoms with Crippen LogP contribution in [-0.2, 0) is 0 Å². The molecule has 0 saturated carbocycles. The summed E-state index contributed by atoms with van der Waals surface area (Å²) in [6.45, 7) is 1.23. The lowest BCUT2D eigenvalue weighted by Gasteiger charge is -2.16. The third-order valence-corrected chi connectivity index (χ3v) is 4.32. The van der Waals surface area contributed by atoms with E-state index in [1.807, 2.05) is 17.6 Å². The van der Waals surface area contributed by atoms with Crippen LogP contribution in [-0.4, -0.2) is 18.2 Å². The number of thiophene rings is 1. The van der Waals surface area contributed by atoms with Crippen LogP contribution >= 0.6 is 11.3 Å². The molecule has 3 nitrogen and oxygen atoms in total. The number of benzene rings is 1. The van der Waals surface area contributed by atoms with Crippen molar-refractivity contribution in [2.24, 2.45) is 0 Å². The van der Waals surface area contributed by atoms with Crippen LogP contribution in [0.3, 0.4) is 0 Å². The zero-order valence-electron chi connectivity index (χ0n) is 10.8. The molecule has 0 spiro atoms. The average Bonchev–Trinajstić information content (AvgIpc) is 3.14. The van der Waals surface area contributed by atoms with Crippen molar-refractivity contribution in [1.82, 2.24) is 4.98 Å². The smallest absolute Gasteiger partial charge is 0.181 e. The Hall–Kier alpha value is -2.20. The van der Waals surface area contributed by atoms with E-state index in [1.165, 1.54) is 11.1 Å². The summed E-state index contributed by atoms with van der Waals surface area (Å²) in [5, 5.41) is 2.01. The Morgan fingerprint density at radius 1 is 1.00 bits per heavy atom. The van der Waals surface area contributed by atoms with Crippen LogP contribution in [0.25, 0.3) is 21.7 Å². The molecule has 1 aliphatic heterocycles. The molecule has 20 heavy (non-hydrogen) atoms. The topological polar surface area (TPSA) is 34.2 Å².